The maximum atomic E-state index is 11.2. The van der Waals surface area contributed by atoms with Crippen LogP contribution in [0.4, 0.5) is 0 Å². The molecule has 6 aliphatic rings. The Bertz CT molecular complexity index is 920. The molecule has 1 unspecified atom stereocenters. The van der Waals surface area contributed by atoms with E-state index in [-0.39, 0.29) is 28.6 Å². The number of rotatable bonds is 2. The maximum Gasteiger partial charge on any atom is 0.165 e. The molecule has 2 N–H and O–H groups in total. The number of ether oxygens (including phenoxy) is 2. The Balaban J connectivity index is 1.71. The van der Waals surface area contributed by atoms with Gasteiger partial charge in [-0.25, -0.2) is 0 Å². The molecule has 0 radical (unpaired) electrons. The van der Waals surface area contributed by atoms with Crippen LogP contribution in [0.15, 0.2) is 24.3 Å². The summed E-state index contributed by atoms with van der Waals surface area (Å²) in [4.78, 5) is 2.49. The van der Waals surface area contributed by atoms with Gasteiger partial charge in [0.1, 0.15) is 11.7 Å². The molecule has 0 aromatic heterocycles. The molecule has 4 aliphatic carbocycles. The lowest BCUT2D eigenvalue weighted by Gasteiger charge is -2.72. The van der Waals surface area contributed by atoms with Crippen molar-refractivity contribution in [1.82, 2.24) is 4.90 Å². The quantitative estimate of drug-likeness (QED) is 0.768. The minimum Gasteiger partial charge on any atom is -0.504 e. The van der Waals surface area contributed by atoms with Crippen molar-refractivity contribution in [1.29, 1.82) is 0 Å². The number of phenolic OH excluding ortho intramolecular Hbond substituents is 1. The van der Waals surface area contributed by atoms with E-state index in [1.54, 1.807) is 13.2 Å². The van der Waals surface area contributed by atoms with Crippen LogP contribution in [-0.4, -0.2) is 59.2 Å². The predicted molar refractivity (Wildman–Crippen MR) is 105 cm³/mol. The summed E-state index contributed by atoms with van der Waals surface area (Å²) < 4.78 is 12.9. The standard InChI is InChI=1S/C23H29NO4/c1-20(2,26)15-12-21-7-8-23(15,27-4)19-22(21)9-10-24(3)16(21)11-13-5-6-14(25)18(28-19)17(13)22/h5-8,15-16,19,25-26H,9-12H2,1-4H3/t15-,16-,19+,21?,22-,23-/m1/s1. The highest BCUT2D eigenvalue weighted by Gasteiger charge is 2.80. The van der Waals surface area contributed by atoms with Crippen molar-refractivity contribution in [2.45, 2.75) is 61.9 Å². The maximum absolute atomic E-state index is 11.2. The van der Waals surface area contributed by atoms with E-state index in [0.29, 0.717) is 11.8 Å². The number of methoxy groups -OCH3 is 1. The second kappa shape index (κ2) is 4.77. The Kier molecular flexibility index (Phi) is 2.95. The average Bonchev–Trinajstić information content (AvgIpc) is 3.03. The third-order valence-electron chi connectivity index (χ3n) is 8.93. The molecule has 4 bridgehead atoms. The molecule has 2 aliphatic heterocycles. The molecule has 2 fully saturated rings. The van der Waals surface area contributed by atoms with E-state index in [0.717, 1.165) is 25.8 Å². The van der Waals surface area contributed by atoms with Gasteiger partial charge in [0.15, 0.2) is 11.5 Å². The summed E-state index contributed by atoms with van der Waals surface area (Å²) in [5, 5.41) is 21.9. The Morgan fingerprint density at radius 3 is 2.79 bits per heavy atom. The number of fused-ring (bicyclic) bond motifs is 1. The highest BCUT2D eigenvalue weighted by molar-refractivity contribution is 5.65. The number of aromatic hydroxyl groups is 1. The second-order valence-corrected chi connectivity index (χ2v) is 10.2. The van der Waals surface area contributed by atoms with E-state index < -0.39 is 11.2 Å². The average molecular weight is 383 g/mol. The molecule has 150 valence electrons. The van der Waals surface area contributed by atoms with Crippen LogP contribution in [0.25, 0.3) is 0 Å². The number of hydrogen-bond donors (Lipinski definition) is 2. The number of benzene rings is 1. The molecular weight excluding hydrogens is 354 g/mol. The Morgan fingerprint density at radius 1 is 1.29 bits per heavy atom. The molecule has 1 aromatic carbocycles. The molecule has 6 atom stereocenters. The van der Waals surface area contributed by atoms with Crippen molar-refractivity contribution in [2.75, 3.05) is 20.7 Å². The van der Waals surface area contributed by atoms with E-state index in [1.807, 2.05) is 13.8 Å². The molecule has 5 heteroatoms. The number of piperidine rings is 1. The van der Waals surface area contributed by atoms with Gasteiger partial charge in [-0.15, -0.1) is 0 Å². The molecule has 7 rings (SSSR count). The van der Waals surface area contributed by atoms with Crippen LogP contribution in [0.1, 0.15) is 37.8 Å². The number of phenols is 1. The van der Waals surface area contributed by atoms with Gasteiger partial charge in [0.05, 0.1) is 11.0 Å². The van der Waals surface area contributed by atoms with E-state index in [9.17, 15) is 10.2 Å². The summed E-state index contributed by atoms with van der Waals surface area (Å²) in [5.74, 6) is 0.789. The largest absolute Gasteiger partial charge is 0.504 e. The molecule has 1 aromatic rings. The van der Waals surface area contributed by atoms with E-state index in [2.05, 4.69) is 30.2 Å². The summed E-state index contributed by atoms with van der Waals surface area (Å²) >= 11 is 0. The zero-order valence-corrected chi connectivity index (χ0v) is 17.0. The minimum absolute atomic E-state index is 0.0832. The zero-order valence-electron chi connectivity index (χ0n) is 17.0. The fourth-order valence-corrected chi connectivity index (χ4v) is 7.86. The molecule has 28 heavy (non-hydrogen) atoms. The second-order valence-electron chi connectivity index (χ2n) is 10.2. The summed E-state index contributed by atoms with van der Waals surface area (Å²) in [6.45, 7) is 4.79. The molecule has 2 heterocycles. The highest BCUT2D eigenvalue weighted by Crippen LogP contribution is 2.75. The molecule has 1 saturated carbocycles. The van der Waals surface area contributed by atoms with E-state index in [4.69, 9.17) is 9.47 Å². The minimum atomic E-state index is -0.900. The van der Waals surface area contributed by atoms with Crippen LogP contribution in [-0.2, 0) is 16.6 Å². The van der Waals surface area contributed by atoms with Gasteiger partial charge in [0, 0.05) is 30.0 Å². The van der Waals surface area contributed by atoms with Crippen LogP contribution in [0, 0.1) is 11.3 Å². The van der Waals surface area contributed by atoms with Crippen molar-refractivity contribution in [3.05, 3.63) is 35.4 Å². The number of likely N-dealkylation sites (tertiary alicyclic amines) is 1. The normalized spacial score (nSPS) is 45.1. The molecule has 0 amide bonds. The van der Waals surface area contributed by atoms with Gasteiger partial charge in [-0.1, -0.05) is 18.2 Å². The van der Waals surface area contributed by atoms with Crippen LogP contribution >= 0.6 is 0 Å². The van der Waals surface area contributed by atoms with Gasteiger partial charge < -0.3 is 24.6 Å². The van der Waals surface area contributed by atoms with Crippen LogP contribution in [0.2, 0.25) is 0 Å². The summed E-state index contributed by atoms with van der Waals surface area (Å²) in [6, 6.07) is 4.21. The SMILES string of the molecule is CO[C@]12C=CC3(C[C@@H]1C(C)(C)O)[C@H]1Cc4ccc(O)c5c4[C@]3(CCN1C)[C@@H]2O5. The van der Waals surface area contributed by atoms with Crippen molar-refractivity contribution >= 4 is 0 Å². The first-order valence-corrected chi connectivity index (χ1v) is 10.4. The van der Waals surface area contributed by atoms with Gasteiger partial charge in [-0.2, -0.15) is 0 Å². The van der Waals surface area contributed by atoms with E-state index >= 15 is 0 Å². The van der Waals surface area contributed by atoms with E-state index in [1.165, 1.54) is 11.1 Å². The first-order chi connectivity index (χ1) is 13.2. The van der Waals surface area contributed by atoms with Gasteiger partial charge in [0.2, 0.25) is 0 Å². The van der Waals surface area contributed by atoms with Crippen molar-refractivity contribution in [2.24, 2.45) is 11.3 Å². The van der Waals surface area contributed by atoms with Gasteiger partial charge in [0.25, 0.3) is 0 Å². The molecule has 5 nitrogen and oxygen atoms in total. The number of likely N-dealkylation sites (N-methyl/N-ethyl adjacent to an activating group) is 1. The van der Waals surface area contributed by atoms with Crippen molar-refractivity contribution in [3.63, 3.8) is 0 Å². The smallest absolute Gasteiger partial charge is 0.165 e. The topological polar surface area (TPSA) is 62.2 Å². The van der Waals surface area contributed by atoms with Gasteiger partial charge >= 0.3 is 0 Å². The van der Waals surface area contributed by atoms with Crippen molar-refractivity contribution in [3.8, 4) is 11.5 Å². The Hall–Kier alpha value is -1.56. The molecule has 1 saturated heterocycles. The molecular formula is C23H29NO4. The number of nitrogens with zero attached hydrogens (tertiary/aromatic N) is 1. The number of hydrogen-bond acceptors (Lipinski definition) is 5. The van der Waals surface area contributed by atoms with Crippen molar-refractivity contribution < 1.29 is 19.7 Å². The first kappa shape index (κ1) is 17.3. The lowest BCUT2D eigenvalue weighted by atomic mass is 9.36. The first-order valence-electron chi connectivity index (χ1n) is 10.4. The van der Waals surface area contributed by atoms with Gasteiger partial charge in [-0.3, -0.25) is 0 Å². The van der Waals surface area contributed by atoms with Crippen LogP contribution in [0.3, 0.4) is 0 Å². The number of aliphatic hydroxyl groups is 1. The summed E-state index contributed by atoms with van der Waals surface area (Å²) in [7, 11) is 3.96. The fourth-order valence-electron chi connectivity index (χ4n) is 7.86. The summed E-state index contributed by atoms with van der Waals surface area (Å²) in [5.41, 5.74) is 0.565. The zero-order chi connectivity index (χ0) is 19.7. The molecule has 2 spiro atoms. The van der Waals surface area contributed by atoms with Crippen LogP contribution < -0.4 is 4.74 Å². The third kappa shape index (κ3) is 1.54. The fraction of sp³-hybridized carbons (Fsp3) is 0.652. The Morgan fingerprint density at radius 2 is 2.07 bits per heavy atom. The highest BCUT2D eigenvalue weighted by atomic mass is 16.6. The lowest BCUT2D eigenvalue weighted by molar-refractivity contribution is -0.243. The van der Waals surface area contributed by atoms with Gasteiger partial charge in [-0.05, 0) is 58.3 Å². The Labute approximate surface area is 165 Å². The lowest BCUT2D eigenvalue weighted by Crippen LogP contribution is -2.80. The third-order valence-corrected chi connectivity index (χ3v) is 8.93. The monoisotopic (exact) mass is 383 g/mol. The summed E-state index contributed by atoms with van der Waals surface area (Å²) in [6.07, 6.45) is 7.12. The predicted octanol–water partition coefficient (Wildman–Crippen LogP) is 2.38. The van der Waals surface area contributed by atoms with Crippen LogP contribution in [0.5, 0.6) is 11.5 Å².